The zero-order valence-electron chi connectivity index (χ0n) is 9.98. The molecule has 1 aromatic heterocycles. The topological polar surface area (TPSA) is 59.3 Å². The summed E-state index contributed by atoms with van der Waals surface area (Å²) in [5, 5.41) is 10.0. The van der Waals surface area contributed by atoms with E-state index in [9.17, 15) is 14.7 Å². The van der Waals surface area contributed by atoms with Gasteiger partial charge in [-0.25, -0.2) is 4.79 Å². The zero-order valence-corrected chi connectivity index (χ0v) is 11.6. The van der Waals surface area contributed by atoms with Crippen LogP contribution in [0.2, 0.25) is 0 Å². The molecule has 2 rings (SSSR count). The van der Waals surface area contributed by atoms with Crippen LogP contribution in [0.25, 0.3) is 10.9 Å². The summed E-state index contributed by atoms with van der Waals surface area (Å²) in [5.41, 5.74) is 0.112. The van der Waals surface area contributed by atoms with E-state index in [0.29, 0.717) is 5.56 Å². The molecule has 0 aliphatic heterocycles. The molecule has 94 valence electrons. The van der Waals surface area contributed by atoms with Crippen LogP contribution in [-0.4, -0.2) is 21.9 Å². The lowest BCUT2D eigenvalue weighted by atomic mass is 10.1. The quantitative estimate of drug-likeness (QED) is 0.887. The zero-order chi connectivity index (χ0) is 13.5. The molecule has 0 saturated carbocycles. The second kappa shape index (κ2) is 4.24. The summed E-state index contributed by atoms with van der Waals surface area (Å²) in [5.74, 6) is -0.945. The molecule has 0 unspecified atom stereocenters. The number of hydrogen-bond acceptors (Lipinski definition) is 2. The van der Waals surface area contributed by atoms with Gasteiger partial charge in [0.05, 0.1) is 0 Å². The van der Waals surface area contributed by atoms with E-state index in [4.69, 9.17) is 0 Å². The van der Waals surface area contributed by atoms with E-state index in [1.54, 1.807) is 30.7 Å². The third-order valence-electron chi connectivity index (χ3n) is 3.05. The predicted molar refractivity (Wildman–Crippen MR) is 72.0 cm³/mol. The van der Waals surface area contributed by atoms with Gasteiger partial charge in [0.1, 0.15) is 5.54 Å². The van der Waals surface area contributed by atoms with Crippen LogP contribution in [0.3, 0.4) is 0 Å². The molecule has 0 bridgehead atoms. The van der Waals surface area contributed by atoms with Crippen molar-refractivity contribution >= 4 is 39.1 Å². The maximum Gasteiger partial charge on any atom is 0.329 e. The molecule has 0 saturated heterocycles. The van der Waals surface area contributed by atoms with E-state index >= 15 is 0 Å². The highest BCUT2D eigenvalue weighted by Gasteiger charge is 2.31. The molecular weight excluding hydrogens is 298 g/mol. The molecule has 0 aliphatic carbocycles. The number of carbonyl (C=O) groups is 2. The molecule has 0 atom stereocenters. The Balaban J connectivity index is 2.81. The van der Waals surface area contributed by atoms with Crippen LogP contribution in [0.5, 0.6) is 0 Å². The number of hydrogen-bond donors (Lipinski definition) is 1. The first kappa shape index (κ1) is 12.8. The second-order valence-electron chi connectivity index (χ2n) is 4.60. The molecule has 4 nitrogen and oxygen atoms in total. The number of carbonyl (C=O) groups excluding carboxylic acids is 1. The number of benzene rings is 1. The molecule has 18 heavy (non-hydrogen) atoms. The van der Waals surface area contributed by atoms with E-state index in [1.165, 1.54) is 0 Å². The van der Waals surface area contributed by atoms with Gasteiger partial charge in [0.15, 0.2) is 6.29 Å². The van der Waals surface area contributed by atoms with E-state index in [0.717, 1.165) is 21.7 Å². The summed E-state index contributed by atoms with van der Waals surface area (Å²) < 4.78 is 2.46. The van der Waals surface area contributed by atoms with Gasteiger partial charge in [0.2, 0.25) is 0 Å². The maximum absolute atomic E-state index is 11.3. The Bertz CT molecular complexity index is 643. The summed E-state index contributed by atoms with van der Waals surface area (Å²) in [7, 11) is 0. The minimum absolute atomic E-state index is 0.487. The van der Waals surface area contributed by atoms with Crippen molar-refractivity contribution in [1.82, 2.24) is 4.57 Å². The molecule has 5 heteroatoms. The number of rotatable bonds is 3. The minimum atomic E-state index is -1.10. The van der Waals surface area contributed by atoms with Gasteiger partial charge in [0, 0.05) is 27.1 Å². The summed E-state index contributed by atoms with van der Waals surface area (Å²) in [4.78, 5) is 22.4. The Hall–Kier alpha value is -1.62. The number of aldehydes is 1. The van der Waals surface area contributed by atoms with E-state index < -0.39 is 11.5 Å². The predicted octanol–water partition coefficient (Wildman–Crippen LogP) is 3.04. The third-order valence-corrected chi connectivity index (χ3v) is 3.54. The largest absolute Gasteiger partial charge is 0.480 e. The highest BCUT2D eigenvalue weighted by molar-refractivity contribution is 9.10. The highest BCUT2D eigenvalue weighted by atomic mass is 79.9. The Morgan fingerprint density at radius 3 is 2.67 bits per heavy atom. The van der Waals surface area contributed by atoms with Crippen LogP contribution in [0.4, 0.5) is 0 Å². The van der Waals surface area contributed by atoms with Crippen LogP contribution in [0.15, 0.2) is 28.9 Å². The van der Waals surface area contributed by atoms with Gasteiger partial charge in [0.25, 0.3) is 0 Å². The molecule has 2 aromatic rings. The van der Waals surface area contributed by atoms with Gasteiger partial charge in [-0.1, -0.05) is 15.9 Å². The number of aliphatic carboxylic acids is 1. The average molecular weight is 310 g/mol. The molecule has 1 N–H and O–H groups in total. The van der Waals surface area contributed by atoms with Crippen molar-refractivity contribution in [3.8, 4) is 0 Å². The fraction of sp³-hybridized carbons (Fsp3) is 0.231. The first-order chi connectivity index (χ1) is 8.37. The van der Waals surface area contributed by atoms with Crippen molar-refractivity contribution in [1.29, 1.82) is 0 Å². The lowest BCUT2D eigenvalue weighted by Gasteiger charge is -2.22. The van der Waals surface area contributed by atoms with Crippen molar-refractivity contribution in [2.24, 2.45) is 0 Å². The van der Waals surface area contributed by atoms with Gasteiger partial charge in [-0.2, -0.15) is 0 Å². The van der Waals surface area contributed by atoms with Crippen molar-refractivity contribution in [2.45, 2.75) is 19.4 Å². The molecule has 0 amide bonds. The molecular formula is C13H12BrNO3. The van der Waals surface area contributed by atoms with Gasteiger partial charge in [-0.05, 0) is 32.0 Å². The highest BCUT2D eigenvalue weighted by Crippen LogP contribution is 2.29. The van der Waals surface area contributed by atoms with Gasteiger partial charge in [-0.3, -0.25) is 4.79 Å². The molecule has 1 aromatic carbocycles. The fourth-order valence-electron chi connectivity index (χ4n) is 1.89. The van der Waals surface area contributed by atoms with E-state index in [2.05, 4.69) is 15.9 Å². The Labute approximate surface area is 112 Å². The first-order valence-electron chi connectivity index (χ1n) is 5.37. The summed E-state index contributed by atoms with van der Waals surface area (Å²) in [6, 6.07) is 5.44. The molecule has 0 aliphatic rings. The van der Waals surface area contributed by atoms with Crippen LogP contribution in [0.1, 0.15) is 24.2 Å². The standard InChI is InChI=1S/C13H12BrNO3/c1-13(2,12(17)18)15-6-8(7-16)10-5-9(14)3-4-11(10)15/h3-7H,1-2H3,(H,17,18). The van der Waals surface area contributed by atoms with E-state index in [1.807, 2.05) is 12.1 Å². The smallest absolute Gasteiger partial charge is 0.329 e. The number of aromatic nitrogens is 1. The SMILES string of the molecule is CC(C)(C(=O)O)n1cc(C=O)c2cc(Br)ccc21. The minimum Gasteiger partial charge on any atom is -0.480 e. The summed E-state index contributed by atoms with van der Waals surface area (Å²) in [6.45, 7) is 3.21. The normalized spacial score (nSPS) is 11.7. The first-order valence-corrected chi connectivity index (χ1v) is 6.17. The van der Waals surface area contributed by atoms with Crippen molar-refractivity contribution in [2.75, 3.05) is 0 Å². The average Bonchev–Trinajstić information content (AvgIpc) is 2.67. The number of fused-ring (bicyclic) bond motifs is 1. The van der Waals surface area contributed by atoms with Gasteiger partial charge in [-0.15, -0.1) is 0 Å². The molecule has 0 fully saturated rings. The number of halogens is 1. The second-order valence-corrected chi connectivity index (χ2v) is 5.51. The van der Waals surface area contributed by atoms with Crippen LogP contribution in [0, 0.1) is 0 Å². The maximum atomic E-state index is 11.3. The van der Waals surface area contributed by atoms with Gasteiger partial charge < -0.3 is 9.67 Å². The number of carboxylic acids is 1. The van der Waals surface area contributed by atoms with Crippen LogP contribution in [-0.2, 0) is 10.3 Å². The van der Waals surface area contributed by atoms with Crippen molar-refractivity contribution in [3.05, 3.63) is 34.4 Å². The fourth-order valence-corrected chi connectivity index (χ4v) is 2.25. The lowest BCUT2D eigenvalue weighted by Crippen LogP contribution is -2.34. The van der Waals surface area contributed by atoms with E-state index in [-0.39, 0.29) is 0 Å². The van der Waals surface area contributed by atoms with Gasteiger partial charge >= 0.3 is 5.97 Å². The van der Waals surface area contributed by atoms with Crippen LogP contribution >= 0.6 is 15.9 Å². The van der Waals surface area contributed by atoms with Crippen molar-refractivity contribution in [3.63, 3.8) is 0 Å². The monoisotopic (exact) mass is 309 g/mol. The Morgan fingerprint density at radius 2 is 2.11 bits per heavy atom. The molecule has 0 radical (unpaired) electrons. The van der Waals surface area contributed by atoms with Crippen molar-refractivity contribution < 1.29 is 14.7 Å². The van der Waals surface area contributed by atoms with Crippen LogP contribution < -0.4 is 0 Å². The molecule has 1 heterocycles. The number of carboxylic acid groups (broad SMARTS) is 1. The summed E-state index contributed by atoms with van der Waals surface area (Å²) >= 11 is 3.34. The summed E-state index contributed by atoms with van der Waals surface area (Å²) in [6.07, 6.45) is 2.32. The Kier molecular flexibility index (Phi) is 3.02. The lowest BCUT2D eigenvalue weighted by molar-refractivity contribution is -0.145. The Morgan fingerprint density at radius 1 is 1.44 bits per heavy atom. The number of nitrogens with zero attached hydrogens (tertiary/aromatic N) is 1. The third kappa shape index (κ3) is 1.84. The molecule has 0 spiro atoms.